The van der Waals surface area contributed by atoms with E-state index in [1.54, 1.807) is 0 Å². The third-order valence-corrected chi connectivity index (χ3v) is 2.92. The van der Waals surface area contributed by atoms with Crippen molar-refractivity contribution in [2.45, 2.75) is 33.2 Å². The van der Waals surface area contributed by atoms with Crippen LogP contribution >= 0.6 is 15.9 Å². The van der Waals surface area contributed by atoms with Crippen LogP contribution in [-0.4, -0.2) is 28.3 Å². The number of hydrogen-bond donors (Lipinski definition) is 0. The van der Waals surface area contributed by atoms with Gasteiger partial charge in [-0.15, -0.1) is 0 Å². The summed E-state index contributed by atoms with van der Waals surface area (Å²) >= 11 is 3.51. The lowest BCUT2D eigenvalue weighted by molar-refractivity contribution is 0.278. The number of hydrogen-bond acceptors (Lipinski definition) is 2. The maximum absolute atomic E-state index is 4.24. The van der Waals surface area contributed by atoms with Crippen LogP contribution in [0, 0.1) is 6.92 Å². The van der Waals surface area contributed by atoms with E-state index >= 15 is 0 Å². The molecule has 0 N–H and O–H groups in total. The van der Waals surface area contributed by atoms with Crippen LogP contribution in [0.4, 0.5) is 0 Å². The molecule has 0 aliphatic rings. The number of alkyl halides is 1. The van der Waals surface area contributed by atoms with Gasteiger partial charge in [-0.25, -0.2) is 0 Å². The van der Waals surface area contributed by atoms with E-state index < -0.39 is 0 Å². The first kappa shape index (κ1) is 13.7. The predicted molar refractivity (Wildman–Crippen MR) is 73.0 cm³/mol. The van der Waals surface area contributed by atoms with Crippen LogP contribution in [0.3, 0.4) is 0 Å². The van der Waals surface area contributed by atoms with Gasteiger partial charge in [-0.05, 0) is 31.0 Å². The summed E-state index contributed by atoms with van der Waals surface area (Å²) in [5.41, 5.74) is 2.56. The van der Waals surface area contributed by atoms with Crippen LogP contribution in [0.2, 0.25) is 0 Å². The van der Waals surface area contributed by atoms with Gasteiger partial charge in [0.1, 0.15) is 0 Å². The number of aromatic nitrogens is 1. The average molecular weight is 285 g/mol. The van der Waals surface area contributed by atoms with E-state index in [-0.39, 0.29) is 0 Å². The maximum Gasteiger partial charge on any atom is 0.0313 e. The van der Waals surface area contributed by atoms with Crippen LogP contribution in [0.5, 0.6) is 0 Å². The molecule has 0 radical (unpaired) electrons. The highest BCUT2D eigenvalue weighted by Gasteiger charge is 2.05. The van der Waals surface area contributed by atoms with E-state index in [0.29, 0.717) is 0 Å². The normalized spacial score (nSPS) is 11.0. The van der Waals surface area contributed by atoms with E-state index in [2.05, 4.69) is 45.7 Å². The van der Waals surface area contributed by atoms with Crippen molar-refractivity contribution in [3.05, 3.63) is 29.6 Å². The Morgan fingerprint density at radius 2 is 2.12 bits per heavy atom. The maximum atomic E-state index is 4.24. The minimum absolute atomic E-state index is 1.01. The number of nitrogens with zero attached hydrogens (tertiary/aromatic N) is 2. The number of unbranched alkanes of at least 4 members (excludes halogenated alkanes) is 1. The van der Waals surface area contributed by atoms with Gasteiger partial charge in [-0.3, -0.25) is 9.88 Å². The van der Waals surface area contributed by atoms with Gasteiger partial charge in [0.05, 0.1) is 0 Å². The summed E-state index contributed by atoms with van der Waals surface area (Å²) in [6.07, 6.45) is 6.40. The topological polar surface area (TPSA) is 16.1 Å². The third-order valence-electron chi connectivity index (χ3n) is 2.57. The van der Waals surface area contributed by atoms with E-state index in [4.69, 9.17) is 0 Å². The van der Waals surface area contributed by atoms with Gasteiger partial charge in [-0.2, -0.15) is 0 Å². The van der Waals surface area contributed by atoms with E-state index in [1.807, 2.05) is 12.4 Å². The quantitative estimate of drug-likeness (QED) is 0.714. The van der Waals surface area contributed by atoms with Crippen molar-refractivity contribution >= 4 is 15.9 Å². The molecule has 0 aromatic carbocycles. The number of pyridine rings is 1. The van der Waals surface area contributed by atoms with Crippen LogP contribution in [0.1, 0.15) is 30.9 Å². The van der Waals surface area contributed by atoms with Crippen molar-refractivity contribution in [3.63, 3.8) is 0 Å². The molecule has 3 heteroatoms. The van der Waals surface area contributed by atoms with Gasteiger partial charge in [0.2, 0.25) is 0 Å². The van der Waals surface area contributed by atoms with Crippen LogP contribution in [-0.2, 0) is 6.54 Å². The highest BCUT2D eigenvalue weighted by Crippen LogP contribution is 2.07. The second-order valence-electron chi connectivity index (χ2n) is 4.19. The Morgan fingerprint density at radius 3 is 2.75 bits per heavy atom. The lowest BCUT2D eigenvalue weighted by atomic mass is 10.2. The largest absolute Gasteiger partial charge is 0.298 e. The molecular weight excluding hydrogens is 264 g/mol. The van der Waals surface area contributed by atoms with Gasteiger partial charge >= 0.3 is 0 Å². The molecule has 0 unspecified atom stereocenters. The minimum Gasteiger partial charge on any atom is -0.298 e. The number of aryl methyl sites for hydroxylation is 1. The molecule has 0 bridgehead atoms. The number of halogens is 1. The summed E-state index contributed by atoms with van der Waals surface area (Å²) < 4.78 is 0. The summed E-state index contributed by atoms with van der Waals surface area (Å²) in [5, 5.41) is 1.04. The van der Waals surface area contributed by atoms with Crippen molar-refractivity contribution in [2.24, 2.45) is 0 Å². The second-order valence-corrected chi connectivity index (χ2v) is 4.98. The monoisotopic (exact) mass is 284 g/mol. The average Bonchev–Trinajstić information content (AvgIpc) is 2.26. The van der Waals surface area contributed by atoms with Crippen molar-refractivity contribution in [1.29, 1.82) is 0 Å². The first-order valence-corrected chi connectivity index (χ1v) is 7.07. The zero-order valence-corrected chi connectivity index (χ0v) is 11.8. The molecule has 0 saturated carbocycles. The first-order valence-electron chi connectivity index (χ1n) is 5.95. The van der Waals surface area contributed by atoms with Gasteiger partial charge in [0.15, 0.2) is 0 Å². The molecule has 1 rings (SSSR count). The van der Waals surface area contributed by atoms with Crippen molar-refractivity contribution in [1.82, 2.24) is 9.88 Å². The molecule has 1 aromatic rings. The fraction of sp³-hybridized carbons (Fsp3) is 0.615. The zero-order chi connectivity index (χ0) is 11.8. The molecule has 0 spiro atoms. The van der Waals surface area contributed by atoms with Crippen molar-refractivity contribution in [3.8, 4) is 0 Å². The van der Waals surface area contributed by atoms with Crippen LogP contribution < -0.4 is 0 Å². The minimum atomic E-state index is 1.01. The highest BCUT2D eigenvalue weighted by atomic mass is 79.9. The molecule has 0 saturated heterocycles. The fourth-order valence-electron chi connectivity index (χ4n) is 1.73. The molecule has 0 amide bonds. The van der Waals surface area contributed by atoms with Gasteiger partial charge in [-0.1, -0.05) is 35.3 Å². The molecule has 1 heterocycles. The number of rotatable bonds is 7. The summed E-state index contributed by atoms with van der Waals surface area (Å²) in [6, 6.07) is 2.22. The Balaban J connectivity index is 2.52. The zero-order valence-electron chi connectivity index (χ0n) is 10.2. The summed E-state index contributed by atoms with van der Waals surface area (Å²) in [6.45, 7) is 7.63. The lowest BCUT2D eigenvalue weighted by Crippen LogP contribution is -2.26. The molecule has 0 aliphatic heterocycles. The summed E-state index contributed by atoms with van der Waals surface area (Å²) in [7, 11) is 0. The van der Waals surface area contributed by atoms with Crippen molar-refractivity contribution in [2.75, 3.05) is 18.4 Å². The molecule has 2 nitrogen and oxygen atoms in total. The summed E-state index contributed by atoms with van der Waals surface area (Å²) in [4.78, 5) is 6.72. The Kier molecular flexibility index (Phi) is 6.65. The second kappa shape index (κ2) is 7.80. The lowest BCUT2D eigenvalue weighted by Gasteiger charge is -2.21. The highest BCUT2D eigenvalue weighted by molar-refractivity contribution is 9.09. The molecule has 0 atom stereocenters. The molecule has 0 fully saturated rings. The van der Waals surface area contributed by atoms with Gasteiger partial charge < -0.3 is 0 Å². The standard InChI is InChI=1S/C13H21BrN2/c1-3-4-6-16(7-5-14)11-13-8-12(2)9-15-10-13/h8-10H,3-7,11H2,1-2H3. The molecule has 90 valence electrons. The fourth-order valence-corrected chi connectivity index (χ4v) is 2.23. The molecule has 0 aliphatic carbocycles. The van der Waals surface area contributed by atoms with Gasteiger partial charge in [0, 0.05) is 30.8 Å². The third kappa shape index (κ3) is 5.08. The van der Waals surface area contributed by atoms with Crippen LogP contribution in [0.15, 0.2) is 18.5 Å². The molecule has 1 aromatic heterocycles. The van der Waals surface area contributed by atoms with Crippen molar-refractivity contribution < 1.29 is 0 Å². The first-order chi connectivity index (χ1) is 7.76. The van der Waals surface area contributed by atoms with E-state index in [9.17, 15) is 0 Å². The SMILES string of the molecule is CCCCN(CCBr)Cc1cncc(C)c1. The Bertz CT molecular complexity index is 302. The van der Waals surface area contributed by atoms with E-state index in [0.717, 1.165) is 18.4 Å². The predicted octanol–water partition coefficient (Wildman–Crippen LogP) is 3.39. The molecule has 16 heavy (non-hydrogen) atoms. The van der Waals surface area contributed by atoms with Gasteiger partial charge in [0.25, 0.3) is 0 Å². The Hall–Kier alpha value is -0.410. The molecular formula is C13H21BrN2. The summed E-state index contributed by atoms with van der Waals surface area (Å²) in [5.74, 6) is 0. The van der Waals surface area contributed by atoms with Crippen LogP contribution in [0.25, 0.3) is 0 Å². The Labute approximate surface area is 107 Å². The Morgan fingerprint density at radius 1 is 1.31 bits per heavy atom. The van der Waals surface area contributed by atoms with E-state index in [1.165, 1.54) is 30.5 Å². The smallest absolute Gasteiger partial charge is 0.0313 e.